The summed E-state index contributed by atoms with van der Waals surface area (Å²) in [5.41, 5.74) is 7.54. The molecule has 2 aromatic rings. The Morgan fingerprint density at radius 2 is 2.17 bits per heavy atom. The predicted molar refractivity (Wildman–Crippen MR) is 94.2 cm³/mol. The van der Waals surface area contributed by atoms with Gasteiger partial charge < -0.3 is 15.8 Å². The highest BCUT2D eigenvalue weighted by atomic mass is 32.1. The summed E-state index contributed by atoms with van der Waals surface area (Å²) in [6, 6.07) is 9.07. The predicted octanol–water partition coefficient (Wildman–Crippen LogP) is 2.81. The van der Waals surface area contributed by atoms with Crippen LogP contribution in [0.5, 0.6) is 0 Å². The molecule has 1 aliphatic heterocycles. The average Bonchev–Trinajstić information content (AvgIpc) is 3.11. The third-order valence-electron chi connectivity index (χ3n) is 4.09. The van der Waals surface area contributed by atoms with E-state index in [1.165, 1.54) is 11.3 Å². The van der Waals surface area contributed by atoms with Crippen molar-refractivity contribution >= 4 is 23.2 Å². The van der Waals surface area contributed by atoms with Crippen LogP contribution in [0.4, 0.5) is 0 Å². The molecule has 2 amide bonds. The monoisotopic (exact) mass is 344 g/mol. The fraction of sp³-hybridized carbons (Fsp3) is 0.333. The number of nitrogens with two attached hydrogens (primary N) is 1. The zero-order chi connectivity index (χ0) is 16.9. The summed E-state index contributed by atoms with van der Waals surface area (Å²) in [4.78, 5) is 24.4. The molecule has 2 heterocycles. The van der Waals surface area contributed by atoms with Gasteiger partial charge in [0.1, 0.15) is 0 Å². The molecule has 1 saturated heterocycles. The maximum absolute atomic E-state index is 12.4. The van der Waals surface area contributed by atoms with Gasteiger partial charge in [-0.15, -0.1) is 11.3 Å². The molecule has 0 saturated carbocycles. The minimum atomic E-state index is -0.454. The van der Waals surface area contributed by atoms with Crippen molar-refractivity contribution in [2.24, 2.45) is 5.73 Å². The summed E-state index contributed by atoms with van der Waals surface area (Å²) in [7, 11) is 0. The fourth-order valence-corrected chi connectivity index (χ4v) is 3.60. The van der Waals surface area contributed by atoms with E-state index in [0.29, 0.717) is 17.0 Å². The lowest BCUT2D eigenvalue weighted by Gasteiger charge is -2.22. The number of carbonyl (C=O) groups is 2. The van der Waals surface area contributed by atoms with Gasteiger partial charge in [-0.25, -0.2) is 0 Å². The van der Waals surface area contributed by atoms with Gasteiger partial charge in [-0.3, -0.25) is 9.59 Å². The molecule has 126 valence electrons. The number of ether oxygens (including phenoxy) is 1. The molecular formula is C18H20N2O3S. The zero-order valence-electron chi connectivity index (χ0n) is 13.3. The van der Waals surface area contributed by atoms with Gasteiger partial charge in [0.25, 0.3) is 11.8 Å². The van der Waals surface area contributed by atoms with Crippen molar-refractivity contribution < 1.29 is 14.3 Å². The Kier molecular flexibility index (Phi) is 5.27. The van der Waals surface area contributed by atoms with Gasteiger partial charge in [-0.1, -0.05) is 12.1 Å². The molecule has 3 N–H and O–H groups in total. The largest absolute Gasteiger partial charge is 0.376 e. The number of benzene rings is 1. The van der Waals surface area contributed by atoms with E-state index in [-0.39, 0.29) is 12.0 Å². The lowest BCUT2D eigenvalue weighted by Crippen LogP contribution is -2.35. The number of amides is 2. The summed E-state index contributed by atoms with van der Waals surface area (Å²) >= 11 is 1.30. The van der Waals surface area contributed by atoms with Crippen molar-refractivity contribution in [3.63, 3.8) is 0 Å². The van der Waals surface area contributed by atoms with E-state index in [0.717, 1.165) is 37.0 Å². The Hall–Kier alpha value is -2.18. The van der Waals surface area contributed by atoms with Crippen molar-refractivity contribution in [2.75, 3.05) is 13.2 Å². The molecule has 1 aromatic carbocycles. The minimum Gasteiger partial charge on any atom is -0.376 e. The number of carbonyl (C=O) groups excluding carboxylic acids is 2. The summed E-state index contributed by atoms with van der Waals surface area (Å²) in [6.45, 7) is 1.29. The number of primary amides is 1. The lowest BCUT2D eigenvalue weighted by atomic mass is 10.0. The highest BCUT2D eigenvalue weighted by molar-refractivity contribution is 7.12. The second-order valence-electron chi connectivity index (χ2n) is 5.81. The van der Waals surface area contributed by atoms with Crippen LogP contribution in [-0.4, -0.2) is 31.1 Å². The van der Waals surface area contributed by atoms with E-state index in [9.17, 15) is 9.59 Å². The van der Waals surface area contributed by atoms with Crippen molar-refractivity contribution in [3.8, 4) is 11.1 Å². The van der Waals surface area contributed by atoms with Gasteiger partial charge in [0.15, 0.2) is 0 Å². The summed E-state index contributed by atoms with van der Waals surface area (Å²) < 4.78 is 5.62. The molecule has 1 atom stereocenters. The Morgan fingerprint density at radius 1 is 1.29 bits per heavy atom. The van der Waals surface area contributed by atoms with Crippen LogP contribution in [0.25, 0.3) is 11.1 Å². The van der Waals surface area contributed by atoms with Crippen LogP contribution in [0.1, 0.15) is 39.3 Å². The van der Waals surface area contributed by atoms with Gasteiger partial charge in [0.2, 0.25) is 0 Å². The molecule has 5 nitrogen and oxygen atoms in total. The second kappa shape index (κ2) is 7.59. The Labute approximate surface area is 144 Å². The van der Waals surface area contributed by atoms with E-state index in [1.807, 2.05) is 23.6 Å². The Balaban J connectivity index is 1.71. The molecule has 3 rings (SSSR count). The summed E-state index contributed by atoms with van der Waals surface area (Å²) in [5, 5.41) is 4.75. The first kappa shape index (κ1) is 16.7. The summed E-state index contributed by atoms with van der Waals surface area (Å²) in [6.07, 6.45) is 3.32. The number of thiophene rings is 1. The van der Waals surface area contributed by atoms with Gasteiger partial charge >= 0.3 is 0 Å². The quantitative estimate of drug-likeness (QED) is 0.875. The van der Waals surface area contributed by atoms with Crippen LogP contribution in [0.15, 0.2) is 35.7 Å². The van der Waals surface area contributed by atoms with Crippen molar-refractivity contribution in [1.29, 1.82) is 0 Å². The zero-order valence-corrected chi connectivity index (χ0v) is 14.1. The molecule has 1 aliphatic rings. The molecule has 1 fully saturated rings. The lowest BCUT2D eigenvalue weighted by molar-refractivity contribution is 0.0169. The molecule has 0 spiro atoms. The third-order valence-corrected chi connectivity index (χ3v) is 5.02. The normalized spacial score (nSPS) is 17.4. The highest BCUT2D eigenvalue weighted by Crippen LogP contribution is 2.28. The number of hydrogen-bond donors (Lipinski definition) is 2. The smallest absolute Gasteiger partial charge is 0.259 e. The van der Waals surface area contributed by atoms with Crippen LogP contribution >= 0.6 is 11.3 Å². The third kappa shape index (κ3) is 3.83. The maximum atomic E-state index is 12.4. The summed E-state index contributed by atoms with van der Waals surface area (Å²) in [5.74, 6) is -0.592. The average molecular weight is 344 g/mol. The first-order chi connectivity index (χ1) is 11.6. The van der Waals surface area contributed by atoms with Crippen molar-refractivity contribution in [1.82, 2.24) is 5.32 Å². The SMILES string of the molecule is NC(=O)c1sccc1-c1cccc(C(=O)NC[C@@H]2CCCCO2)c1. The Morgan fingerprint density at radius 3 is 2.92 bits per heavy atom. The van der Waals surface area contributed by atoms with Gasteiger partial charge in [0, 0.05) is 24.3 Å². The molecule has 1 aromatic heterocycles. The minimum absolute atomic E-state index is 0.101. The number of hydrogen-bond acceptors (Lipinski definition) is 4. The highest BCUT2D eigenvalue weighted by Gasteiger charge is 2.16. The van der Waals surface area contributed by atoms with Gasteiger partial charge in [0.05, 0.1) is 11.0 Å². The van der Waals surface area contributed by atoms with E-state index in [2.05, 4.69) is 5.32 Å². The topological polar surface area (TPSA) is 81.4 Å². The Bertz CT molecular complexity index is 735. The number of rotatable bonds is 5. The van der Waals surface area contributed by atoms with E-state index >= 15 is 0 Å². The molecule has 0 radical (unpaired) electrons. The van der Waals surface area contributed by atoms with Crippen LogP contribution < -0.4 is 11.1 Å². The van der Waals surface area contributed by atoms with E-state index in [4.69, 9.17) is 10.5 Å². The molecular weight excluding hydrogens is 324 g/mol. The first-order valence-electron chi connectivity index (χ1n) is 8.02. The van der Waals surface area contributed by atoms with Crippen LogP contribution in [0.2, 0.25) is 0 Å². The van der Waals surface area contributed by atoms with E-state index in [1.54, 1.807) is 12.1 Å². The van der Waals surface area contributed by atoms with Crippen molar-refractivity contribution in [3.05, 3.63) is 46.2 Å². The van der Waals surface area contributed by atoms with Gasteiger partial charge in [-0.2, -0.15) is 0 Å². The second-order valence-corrected chi connectivity index (χ2v) is 6.72. The van der Waals surface area contributed by atoms with Crippen LogP contribution in [0, 0.1) is 0 Å². The van der Waals surface area contributed by atoms with Crippen molar-refractivity contribution in [2.45, 2.75) is 25.4 Å². The molecule has 0 bridgehead atoms. The van der Waals surface area contributed by atoms with E-state index < -0.39 is 5.91 Å². The van der Waals surface area contributed by atoms with Gasteiger partial charge in [-0.05, 0) is 48.4 Å². The van der Waals surface area contributed by atoms with Crippen LogP contribution in [0.3, 0.4) is 0 Å². The first-order valence-corrected chi connectivity index (χ1v) is 8.90. The molecule has 6 heteroatoms. The standard InChI is InChI=1S/C18H20N2O3S/c19-17(21)16-15(7-9-24-16)12-4-3-5-13(10-12)18(22)20-11-14-6-1-2-8-23-14/h3-5,7,9-10,14H,1-2,6,8,11H2,(H2,19,21)(H,20,22)/t14-/m0/s1. The maximum Gasteiger partial charge on any atom is 0.259 e. The number of nitrogens with one attached hydrogen (secondary N) is 1. The van der Waals surface area contributed by atoms with Crippen LogP contribution in [-0.2, 0) is 4.74 Å². The fourth-order valence-electron chi connectivity index (χ4n) is 2.83. The molecule has 0 unspecified atom stereocenters. The molecule has 24 heavy (non-hydrogen) atoms. The molecule has 0 aliphatic carbocycles.